The molecular formula is C10H17N3O6. The number of ether oxygens (including phenoxy) is 1. The molecule has 1 atom stereocenters. The number of carbonyl (C=O) groups is 4. The third-order valence-corrected chi connectivity index (χ3v) is 2.13. The number of esters is 1. The zero-order valence-corrected chi connectivity index (χ0v) is 10.5. The number of nitrogens with two attached hydrogens (primary N) is 1. The molecule has 0 saturated heterocycles. The van der Waals surface area contributed by atoms with E-state index in [2.05, 4.69) is 15.4 Å². The van der Waals surface area contributed by atoms with Crippen LogP contribution in [-0.2, 0) is 23.9 Å². The fourth-order valence-corrected chi connectivity index (χ4v) is 1.12. The van der Waals surface area contributed by atoms with Gasteiger partial charge in [0.1, 0.15) is 6.04 Å². The summed E-state index contributed by atoms with van der Waals surface area (Å²) in [7, 11) is 1.18. The smallest absolute Gasteiger partial charge is 0.326 e. The normalized spacial score (nSPS) is 11.3. The second kappa shape index (κ2) is 8.86. The number of carboxylic acids is 1. The van der Waals surface area contributed by atoms with Crippen molar-refractivity contribution in [1.29, 1.82) is 0 Å². The molecule has 0 rings (SSSR count). The molecule has 9 heteroatoms. The van der Waals surface area contributed by atoms with Crippen LogP contribution >= 0.6 is 0 Å². The highest BCUT2D eigenvalue weighted by atomic mass is 16.5. The van der Waals surface area contributed by atoms with Crippen LogP contribution in [0.3, 0.4) is 0 Å². The Morgan fingerprint density at radius 3 is 2.37 bits per heavy atom. The summed E-state index contributed by atoms with van der Waals surface area (Å²) in [6.45, 7) is -0.643. The van der Waals surface area contributed by atoms with E-state index in [0.717, 1.165) is 0 Å². The molecule has 19 heavy (non-hydrogen) atoms. The maximum Gasteiger partial charge on any atom is 0.326 e. The van der Waals surface area contributed by atoms with Crippen molar-refractivity contribution in [2.45, 2.75) is 18.9 Å². The molecule has 0 unspecified atom stereocenters. The van der Waals surface area contributed by atoms with Gasteiger partial charge >= 0.3 is 11.9 Å². The highest BCUT2D eigenvalue weighted by Gasteiger charge is 2.21. The van der Waals surface area contributed by atoms with E-state index in [4.69, 9.17) is 10.8 Å². The third-order valence-electron chi connectivity index (χ3n) is 2.13. The minimum Gasteiger partial charge on any atom is -0.480 e. The van der Waals surface area contributed by atoms with E-state index in [9.17, 15) is 19.2 Å². The Bertz CT molecular complexity index is 357. The van der Waals surface area contributed by atoms with Crippen molar-refractivity contribution in [1.82, 2.24) is 10.6 Å². The number of hydrogen-bond donors (Lipinski definition) is 4. The lowest BCUT2D eigenvalue weighted by Crippen LogP contribution is -2.46. The van der Waals surface area contributed by atoms with Gasteiger partial charge in [0.15, 0.2) is 0 Å². The molecule has 0 spiro atoms. The number of amides is 2. The van der Waals surface area contributed by atoms with Gasteiger partial charge in [-0.1, -0.05) is 0 Å². The van der Waals surface area contributed by atoms with Gasteiger partial charge in [0.2, 0.25) is 11.8 Å². The molecule has 2 amide bonds. The van der Waals surface area contributed by atoms with E-state index >= 15 is 0 Å². The Kier molecular flexibility index (Phi) is 7.85. The molecule has 0 aromatic carbocycles. The van der Waals surface area contributed by atoms with Gasteiger partial charge in [-0.05, 0) is 6.42 Å². The Morgan fingerprint density at radius 2 is 1.89 bits per heavy atom. The Hall–Kier alpha value is -2.16. The van der Waals surface area contributed by atoms with Gasteiger partial charge in [0.05, 0.1) is 20.2 Å². The minimum absolute atomic E-state index is 0.0986. The molecule has 0 fully saturated rings. The van der Waals surface area contributed by atoms with Crippen molar-refractivity contribution in [2.75, 3.05) is 20.2 Å². The Balaban J connectivity index is 4.19. The van der Waals surface area contributed by atoms with E-state index in [1.807, 2.05) is 0 Å². The molecule has 0 aromatic rings. The predicted molar refractivity (Wildman–Crippen MR) is 62.9 cm³/mol. The standard InChI is InChI=1S/C10H17N3O6/c1-19-9(16)3-2-6(10(17)18)13-8(15)5-12-7(14)4-11/h6H,2-5,11H2,1H3,(H,12,14)(H,13,15)(H,17,18)/t6-/m0/s1. The van der Waals surface area contributed by atoms with Crippen molar-refractivity contribution < 1.29 is 29.0 Å². The molecular weight excluding hydrogens is 258 g/mol. The average molecular weight is 275 g/mol. The zero-order valence-electron chi connectivity index (χ0n) is 10.5. The topological polar surface area (TPSA) is 148 Å². The summed E-state index contributed by atoms with van der Waals surface area (Å²) >= 11 is 0. The van der Waals surface area contributed by atoms with Crippen LogP contribution in [0.25, 0.3) is 0 Å². The number of aliphatic carboxylic acids is 1. The van der Waals surface area contributed by atoms with Crippen molar-refractivity contribution in [3.63, 3.8) is 0 Å². The zero-order chi connectivity index (χ0) is 14.8. The van der Waals surface area contributed by atoms with E-state index in [1.165, 1.54) is 7.11 Å². The quantitative estimate of drug-likeness (QED) is 0.360. The molecule has 0 saturated carbocycles. The molecule has 0 bridgehead atoms. The number of carboxylic acid groups (broad SMARTS) is 1. The van der Waals surface area contributed by atoms with E-state index in [-0.39, 0.29) is 25.9 Å². The summed E-state index contributed by atoms with van der Waals surface area (Å²) < 4.78 is 4.36. The van der Waals surface area contributed by atoms with Crippen LogP contribution in [-0.4, -0.2) is 55.1 Å². The second-order valence-electron chi connectivity index (χ2n) is 3.55. The first kappa shape index (κ1) is 16.8. The fraction of sp³-hybridized carbons (Fsp3) is 0.600. The summed E-state index contributed by atoms with van der Waals surface area (Å²) in [5.41, 5.74) is 5.01. The number of hydrogen-bond acceptors (Lipinski definition) is 6. The van der Waals surface area contributed by atoms with E-state index < -0.39 is 29.8 Å². The van der Waals surface area contributed by atoms with Crippen LogP contribution in [0, 0.1) is 0 Å². The van der Waals surface area contributed by atoms with Crippen LogP contribution in [0.2, 0.25) is 0 Å². The van der Waals surface area contributed by atoms with Crippen molar-refractivity contribution in [3.8, 4) is 0 Å². The molecule has 0 aliphatic heterocycles. The molecule has 5 N–H and O–H groups in total. The van der Waals surface area contributed by atoms with Gasteiger partial charge in [0, 0.05) is 6.42 Å². The predicted octanol–water partition coefficient (Wildman–Crippen LogP) is -2.42. The Labute approximate surface area is 109 Å². The van der Waals surface area contributed by atoms with Crippen LogP contribution < -0.4 is 16.4 Å². The van der Waals surface area contributed by atoms with Crippen molar-refractivity contribution in [3.05, 3.63) is 0 Å². The molecule has 9 nitrogen and oxygen atoms in total. The SMILES string of the molecule is COC(=O)CC[C@H](NC(=O)CNC(=O)CN)C(=O)O. The summed E-state index contributed by atoms with van der Waals surface area (Å²) in [6, 6.07) is -1.22. The van der Waals surface area contributed by atoms with Crippen LogP contribution in [0.1, 0.15) is 12.8 Å². The first-order chi connectivity index (χ1) is 8.90. The molecule has 108 valence electrons. The molecule has 0 aliphatic rings. The minimum atomic E-state index is -1.28. The molecule has 0 radical (unpaired) electrons. The molecule has 0 aromatic heterocycles. The highest BCUT2D eigenvalue weighted by molar-refractivity contribution is 5.88. The number of nitrogens with one attached hydrogen (secondary N) is 2. The van der Waals surface area contributed by atoms with Gasteiger partial charge in [-0.25, -0.2) is 4.79 Å². The fourth-order valence-electron chi connectivity index (χ4n) is 1.12. The van der Waals surface area contributed by atoms with Crippen molar-refractivity contribution >= 4 is 23.8 Å². The van der Waals surface area contributed by atoms with Crippen LogP contribution in [0.15, 0.2) is 0 Å². The monoisotopic (exact) mass is 275 g/mol. The summed E-state index contributed by atoms with van der Waals surface area (Å²) in [5, 5.41) is 13.2. The average Bonchev–Trinajstić information content (AvgIpc) is 2.39. The summed E-state index contributed by atoms with van der Waals surface area (Å²) in [4.78, 5) is 43.9. The van der Waals surface area contributed by atoms with Gasteiger partial charge < -0.3 is 26.2 Å². The Morgan fingerprint density at radius 1 is 1.26 bits per heavy atom. The third kappa shape index (κ3) is 7.71. The van der Waals surface area contributed by atoms with E-state index in [0.29, 0.717) is 0 Å². The van der Waals surface area contributed by atoms with Gasteiger partial charge in [-0.2, -0.15) is 0 Å². The van der Waals surface area contributed by atoms with E-state index in [1.54, 1.807) is 0 Å². The van der Waals surface area contributed by atoms with Crippen LogP contribution in [0.5, 0.6) is 0 Å². The summed E-state index contributed by atoms with van der Waals surface area (Å²) in [5.74, 6) is -3.06. The number of rotatable bonds is 8. The van der Waals surface area contributed by atoms with Crippen molar-refractivity contribution in [2.24, 2.45) is 5.73 Å². The lowest BCUT2D eigenvalue weighted by atomic mass is 10.1. The number of carbonyl (C=O) groups excluding carboxylic acids is 3. The first-order valence-corrected chi connectivity index (χ1v) is 5.46. The van der Waals surface area contributed by atoms with Gasteiger partial charge in [-0.3, -0.25) is 14.4 Å². The summed E-state index contributed by atoms with van der Waals surface area (Å²) in [6.07, 6.45) is -0.235. The highest BCUT2D eigenvalue weighted by Crippen LogP contribution is 1.99. The van der Waals surface area contributed by atoms with Gasteiger partial charge in [-0.15, -0.1) is 0 Å². The molecule has 0 heterocycles. The van der Waals surface area contributed by atoms with Crippen LogP contribution in [0.4, 0.5) is 0 Å². The maximum absolute atomic E-state index is 11.3. The second-order valence-corrected chi connectivity index (χ2v) is 3.55. The first-order valence-electron chi connectivity index (χ1n) is 5.46. The van der Waals surface area contributed by atoms with Gasteiger partial charge in [0.25, 0.3) is 0 Å². The maximum atomic E-state index is 11.3. The lowest BCUT2D eigenvalue weighted by Gasteiger charge is -2.14. The largest absolute Gasteiger partial charge is 0.480 e. The lowest BCUT2D eigenvalue weighted by molar-refractivity contribution is -0.144. The molecule has 0 aliphatic carbocycles. The number of methoxy groups -OCH3 is 1.